The average Bonchev–Trinajstić information content (AvgIpc) is 3.39. The number of aryl methyl sites for hydroxylation is 1. The average molecular weight is 420 g/mol. The summed E-state index contributed by atoms with van der Waals surface area (Å²) in [6, 6.07) is 13.8. The Hall–Kier alpha value is -3.54. The minimum atomic E-state index is -3.12. The number of aromatic nitrogens is 5. The molecule has 0 saturated heterocycles. The van der Waals surface area contributed by atoms with Crippen LogP contribution in [0.3, 0.4) is 0 Å². The van der Waals surface area contributed by atoms with E-state index in [2.05, 4.69) is 25.6 Å². The van der Waals surface area contributed by atoms with Gasteiger partial charge in [0, 0.05) is 26.9 Å². The van der Waals surface area contributed by atoms with Crippen LogP contribution in [0.15, 0.2) is 67.1 Å². The van der Waals surface area contributed by atoms with Gasteiger partial charge in [0.1, 0.15) is 5.82 Å². The summed E-state index contributed by atoms with van der Waals surface area (Å²) in [7, 11) is 0. The molecule has 2 heterocycles. The van der Waals surface area contributed by atoms with Gasteiger partial charge in [0.15, 0.2) is 5.82 Å². The van der Waals surface area contributed by atoms with Gasteiger partial charge in [-0.1, -0.05) is 55.3 Å². The predicted octanol–water partition coefficient (Wildman–Crippen LogP) is 5.50. The van der Waals surface area contributed by atoms with Crippen LogP contribution in [0.5, 0.6) is 0 Å². The van der Waals surface area contributed by atoms with Crippen molar-refractivity contribution < 1.29 is 9.60 Å². The zero-order chi connectivity index (χ0) is 27.9. The normalized spacial score (nSPS) is 16.2. The standard InChI is InChI=1S/C25H28N6/c1-17(2)21-8-6-7-9-22(21)24-26-16-18(3)23(28-24)29-25(4,5)19-10-12-20(13-11-19)31-15-14-27-30-31/h6-17H,1-5H3,(H,26,28,29)/i1D3,2D3,17D. The molecule has 2 aromatic heterocycles. The van der Waals surface area contributed by atoms with E-state index < -0.39 is 25.1 Å². The number of nitrogens with zero attached hydrogens (tertiary/aromatic N) is 5. The van der Waals surface area contributed by atoms with Crippen molar-refractivity contribution in [3.63, 3.8) is 0 Å². The molecule has 0 atom stereocenters. The van der Waals surface area contributed by atoms with Gasteiger partial charge in [-0.25, -0.2) is 14.6 Å². The molecule has 0 aliphatic heterocycles. The van der Waals surface area contributed by atoms with Crippen molar-refractivity contribution in [1.29, 1.82) is 0 Å². The molecule has 31 heavy (non-hydrogen) atoms. The Morgan fingerprint density at radius 1 is 1.10 bits per heavy atom. The lowest BCUT2D eigenvalue weighted by Gasteiger charge is -2.28. The lowest BCUT2D eigenvalue weighted by molar-refractivity contribution is 0.604. The van der Waals surface area contributed by atoms with Gasteiger partial charge in [-0.15, -0.1) is 5.10 Å². The second kappa shape index (κ2) is 8.30. The Kier molecular flexibility index (Phi) is 3.67. The Morgan fingerprint density at radius 2 is 1.87 bits per heavy atom. The van der Waals surface area contributed by atoms with E-state index in [1.807, 2.05) is 45.0 Å². The lowest BCUT2D eigenvalue weighted by Crippen LogP contribution is -2.29. The minimum Gasteiger partial charge on any atom is -0.361 e. The number of rotatable bonds is 6. The molecule has 0 spiro atoms. The van der Waals surface area contributed by atoms with Gasteiger partial charge < -0.3 is 5.32 Å². The highest BCUT2D eigenvalue weighted by Gasteiger charge is 2.22. The number of benzene rings is 2. The van der Waals surface area contributed by atoms with E-state index in [4.69, 9.17) is 9.60 Å². The highest BCUT2D eigenvalue weighted by atomic mass is 15.4. The van der Waals surface area contributed by atoms with Crippen LogP contribution >= 0.6 is 0 Å². The maximum absolute atomic E-state index is 8.67. The fourth-order valence-corrected chi connectivity index (χ4v) is 3.34. The fraction of sp³-hybridized carbons (Fsp3) is 0.280. The zero-order valence-electron chi connectivity index (χ0n) is 24.6. The van der Waals surface area contributed by atoms with E-state index in [-0.39, 0.29) is 17.0 Å². The summed E-state index contributed by atoms with van der Waals surface area (Å²) < 4.78 is 57.8. The summed E-state index contributed by atoms with van der Waals surface area (Å²) in [6.45, 7) is -0.432. The number of hydrogen-bond acceptors (Lipinski definition) is 5. The third-order valence-electron chi connectivity index (χ3n) is 5.12. The molecule has 0 aliphatic rings. The molecular formula is C25H28N6. The van der Waals surface area contributed by atoms with Gasteiger partial charge in [-0.3, -0.25) is 0 Å². The number of hydrogen-bond donors (Lipinski definition) is 1. The van der Waals surface area contributed by atoms with Crippen LogP contribution in [0, 0.1) is 6.92 Å². The van der Waals surface area contributed by atoms with E-state index in [9.17, 15) is 0 Å². The molecule has 2 aromatic carbocycles. The van der Waals surface area contributed by atoms with Crippen LogP contribution in [0.4, 0.5) is 5.82 Å². The van der Waals surface area contributed by atoms with Crippen molar-refractivity contribution >= 4 is 5.82 Å². The lowest BCUT2D eigenvalue weighted by atomic mass is 9.93. The quantitative estimate of drug-likeness (QED) is 0.447. The molecule has 0 bridgehead atoms. The van der Waals surface area contributed by atoms with Crippen molar-refractivity contribution in [2.24, 2.45) is 0 Å². The van der Waals surface area contributed by atoms with Gasteiger partial charge >= 0.3 is 0 Å². The molecule has 158 valence electrons. The third-order valence-corrected chi connectivity index (χ3v) is 5.12. The van der Waals surface area contributed by atoms with Gasteiger partial charge in [0.2, 0.25) is 0 Å². The first-order valence-electron chi connectivity index (χ1n) is 13.3. The Bertz CT molecular complexity index is 1400. The molecule has 0 aliphatic carbocycles. The summed E-state index contributed by atoms with van der Waals surface area (Å²) in [5.41, 5.74) is 1.98. The molecule has 0 saturated carbocycles. The fourth-order valence-electron chi connectivity index (χ4n) is 3.34. The second-order valence-corrected chi connectivity index (χ2v) is 7.79. The topological polar surface area (TPSA) is 68.5 Å². The van der Waals surface area contributed by atoms with Crippen LogP contribution in [0.1, 0.15) is 59.7 Å². The van der Waals surface area contributed by atoms with Crippen molar-refractivity contribution in [3.05, 3.63) is 83.8 Å². The molecule has 0 amide bonds. The van der Waals surface area contributed by atoms with E-state index in [1.54, 1.807) is 35.4 Å². The molecule has 1 N–H and O–H groups in total. The van der Waals surface area contributed by atoms with Crippen molar-refractivity contribution in [3.8, 4) is 17.1 Å². The van der Waals surface area contributed by atoms with Crippen molar-refractivity contribution in [2.75, 3.05) is 5.32 Å². The molecular weight excluding hydrogens is 384 g/mol. The smallest absolute Gasteiger partial charge is 0.161 e. The number of anilines is 1. The number of nitrogens with one attached hydrogen (secondary N) is 1. The van der Waals surface area contributed by atoms with Crippen LogP contribution in [-0.2, 0) is 5.54 Å². The monoisotopic (exact) mass is 419 g/mol. The van der Waals surface area contributed by atoms with Gasteiger partial charge in [-0.2, -0.15) is 0 Å². The maximum Gasteiger partial charge on any atom is 0.161 e. The largest absolute Gasteiger partial charge is 0.361 e. The van der Waals surface area contributed by atoms with Crippen molar-refractivity contribution in [1.82, 2.24) is 25.0 Å². The summed E-state index contributed by atoms with van der Waals surface area (Å²) >= 11 is 0. The van der Waals surface area contributed by atoms with Gasteiger partial charge in [0.25, 0.3) is 0 Å². The molecule has 0 radical (unpaired) electrons. The van der Waals surface area contributed by atoms with Crippen LogP contribution < -0.4 is 5.32 Å². The molecule has 6 heteroatoms. The maximum atomic E-state index is 8.67. The highest BCUT2D eigenvalue weighted by molar-refractivity contribution is 5.63. The van der Waals surface area contributed by atoms with E-state index in [1.165, 1.54) is 12.1 Å². The van der Waals surface area contributed by atoms with Gasteiger partial charge in [-0.05, 0) is 49.9 Å². The Labute approximate surface area is 193 Å². The Morgan fingerprint density at radius 3 is 2.58 bits per heavy atom. The second-order valence-electron chi connectivity index (χ2n) is 7.79. The first-order valence-corrected chi connectivity index (χ1v) is 9.84. The molecule has 0 unspecified atom stereocenters. The first kappa shape index (κ1) is 13.7. The molecule has 0 fully saturated rings. The van der Waals surface area contributed by atoms with Crippen molar-refractivity contribution in [2.45, 2.75) is 45.9 Å². The summed E-state index contributed by atoms with van der Waals surface area (Å²) in [5, 5.41) is 11.3. The van der Waals surface area contributed by atoms with Gasteiger partial charge in [0.05, 0.1) is 23.6 Å². The third kappa shape index (κ3) is 4.33. The molecule has 4 rings (SSSR count). The SMILES string of the molecule is [2H]C([2H])([2H])C([2H])(c1ccccc1-c1ncc(C)c(NC(C)(C)c2ccc(-n3ccnn3)cc2)n1)C([2H])([2H])[2H]. The molecule has 6 nitrogen and oxygen atoms in total. The predicted molar refractivity (Wildman–Crippen MR) is 124 cm³/mol. The van der Waals surface area contributed by atoms with E-state index >= 15 is 0 Å². The minimum absolute atomic E-state index is 0.121. The molecule has 4 aromatic rings. The van der Waals surface area contributed by atoms with Crippen LogP contribution in [0.2, 0.25) is 0 Å². The zero-order valence-corrected chi connectivity index (χ0v) is 17.6. The van der Waals surface area contributed by atoms with Crippen LogP contribution in [-0.4, -0.2) is 25.0 Å². The van der Waals surface area contributed by atoms with E-state index in [0.29, 0.717) is 5.82 Å². The summed E-state index contributed by atoms with van der Waals surface area (Å²) in [5.74, 6) is -2.26. The Balaban J connectivity index is 1.73. The van der Waals surface area contributed by atoms with Crippen LogP contribution in [0.25, 0.3) is 17.1 Å². The summed E-state index contributed by atoms with van der Waals surface area (Å²) in [4.78, 5) is 9.03. The summed E-state index contributed by atoms with van der Waals surface area (Å²) in [6.07, 6.45) is 4.95. The first-order chi connectivity index (χ1) is 17.6. The van der Waals surface area contributed by atoms with E-state index in [0.717, 1.165) is 16.8 Å². The highest BCUT2D eigenvalue weighted by Crippen LogP contribution is 2.30.